The molecule has 4 nitrogen and oxygen atoms in total. The Labute approximate surface area is 103 Å². The molecule has 2 heterocycles. The lowest BCUT2D eigenvalue weighted by molar-refractivity contribution is 0.0927. The van der Waals surface area contributed by atoms with E-state index in [0.29, 0.717) is 0 Å². The van der Waals surface area contributed by atoms with Gasteiger partial charge in [-0.25, -0.2) is 5.43 Å². The minimum absolute atomic E-state index is 0.254. The monoisotopic (exact) mass is 248 g/mol. The molecule has 2 aromatic rings. The van der Waals surface area contributed by atoms with Crippen molar-refractivity contribution in [3.05, 3.63) is 46.0 Å². The minimum atomic E-state index is -0.345. The Balaban J connectivity index is 2.04. The van der Waals surface area contributed by atoms with E-state index in [9.17, 15) is 4.79 Å². The lowest BCUT2D eigenvalue weighted by Gasteiger charge is -1.98. The second-order valence-electron chi connectivity index (χ2n) is 3.53. The number of nitrogens with one attached hydrogen (secondary N) is 1. The molecular weight excluding hydrogens is 236 g/mol. The van der Waals surface area contributed by atoms with Gasteiger partial charge in [0.2, 0.25) is 0 Å². The van der Waals surface area contributed by atoms with Crippen molar-refractivity contribution < 1.29 is 9.21 Å². The molecule has 2 rings (SSSR count). The first-order chi connectivity index (χ1) is 8.16. The molecule has 0 radical (unpaired) electrons. The first-order valence-corrected chi connectivity index (χ1v) is 5.93. The van der Waals surface area contributed by atoms with Crippen molar-refractivity contribution in [2.75, 3.05) is 0 Å². The maximum atomic E-state index is 11.5. The van der Waals surface area contributed by atoms with E-state index in [2.05, 4.69) is 10.5 Å². The third kappa shape index (κ3) is 2.82. The van der Waals surface area contributed by atoms with Gasteiger partial charge in [-0.15, -0.1) is 11.3 Å². The van der Waals surface area contributed by atoms with E-state index in [0.717, 1.165) is 10.6 Å². The number of hydrogen-bond acceptors (Lipinski definition) is 4. The zero-order chi connectivity index (χ0) is 12.3. The third-order valence-electron chi connectivity index (χ3n) is 2.17. The lowest BCUT2D eigenvalue weighted by Crippen LogP contribution is -2.18. The second-order valence-corrected chi connectivity index (χ2v) is 4.81. The fraction of sp³-hybridized carbons (Fsp3) is 0.167. The van der Waals surface area contributed by atoms with E-state index in [-0.39, 0.29) is 11.7 Å². The van der Waals surface area contributed by atoms with Crippen molar-refractivity contribution in [3.8, 4) is 0 Å². The highest BCUT2D eigenvalue weighted by Crippen LogP contribution is 2.15. The van der Waals surface area contributed by atoms with E-state index in [1.54, 1.807) is 23.5 Å². The summed E-state index contributed by atoms with van der Waals surface area (Å²) in [6.45, 7) is 3.89. The van der Waals surface area contributed by atoms with Gasteiger partial charge in [-0.2, -0.15) is 5.10 Å². The van der Waals surface area contributed by atoms with Crippen molar-refractivity contribution in [3.63, 3.8) is 0 Å². The van der Waals surface area contributed by atoms with E-state index >= 15 is 0 Å². The average Bonchev–Trinajstić information content (AvgIpc) is 2.95. The molecule has 0 saturated carbocycles. The molecule has 0 aliphatic heterocycles. The summed E-state index contributed by atoms with van der Waals surface area (Å²) in [5.41, 5.74) is 3.24. The molecular formula is C12H12N2O2S. The van der Waals surface area contributed by atoms with E-state index < -0.39 is 0 Å². The number of thiophene rings is 1. The number of aryl methyl sites for hydroxylation is 1. The van der Waals surface area contributed by atoms with Gasteiger partial charge in [0, 0.05) is 4.88 Å². The van der Waals surface area contributed by atoms with Crippen molar-refractivity contribution in [1.29, 1.82) is 0 Å². The molecule has 5 heteroatoms. The zero-order valence-electron chi connectivity index (χ0n) is 9.56. The highest BCUT2D eigenvalue weighted by Gasteiger charge is 2.07. The summed E-state index contributed by atoms with van der Waals surface area (Å²) in [7, 11) is 0. The van der Waals surface area contributed by atoms with Crippen molar-refractivity contribution in [2.24, 2.45) is 5.10 Å². The van der Waals surface area contributed by atoms with Gasteiger partial charge in [-0.1, -0.05) is 0 Å². The van der Waals surface area contributed by atoms with Crippen LogP contribution < -0.4 is 5.43 Å². The third-order valence-corrected chi connectivity index (χ3v) is 3.28. The molecule has 0 aromatic carbocycles. The Kier molecular flexibility index (Phi) is 3.39. The van der Waals surface area contributed by atoms with E-state index in [1.165, 1.54) is 11.1 Å². The van der Waals surface area contributed by atoms with Crippen molar-refractivity contribution in [1.82, 2.24) is 5.43 Å². The summed E-state index contributed by atoms with van der Waals surface area (Å²) >= 11 is 1.64. The van der Waals surface area contributed by atoms with Gasteiger partial charge >= 0.3 is 5.91 Å². The van der Waals surface area contributed by atoms with Gasteiger partial charge in [0.05, 0.1) is 16.9 Å². The second kappa shape index (κ2) is 4.97. The number of hydrogen-bond donors (Lipinski definition) is 1. The van der Waals surface area contributed by atoms with Crippen LogP contribution in [0.25, 0.3) is 0 Å². The Morgan fingerprint density at radius 3 is 2.82 bits per heavy atom. The van der Waals surface area contributed by atoms with Crippen molar-refractivity contribution >= 4 is 23.0 Å². The molecule has 88 valence electrons. The molecule has 0 aliphatic rings. The highest BCUT2D eigenvalue weighted by atomic mass is 32.1. The van der Waals surface area contributed by atoms with Crippen LogP contribution >= 0.6 is 11.3 Å². The standard InChI is InChI=1S/C12H12N2O2S/c1-8-5-6-11(17-8)9(2)13-14-12(15)10-4-3-7-16-10/h3-7H,1-2H3,(H,14,15)/b13-9-. The quantitative estimate of drug-likeness (QED) is 0.670. The van der Waals surface area contributed by atoms with Gasteiger partial charge in [0.1, 0.15) is 0 Å². The summed E-state index contributed by atoms with van der Waals surface area (Å²) in [6.07, 6.45) is 1.45. The Morgan fingerprint density at radius 1 is 1.41 bits per heavy atom. The summed E-state index contributed by atoms with van der Waals surface area (Å²) in [4.78, 5) is 13.8. The molecule has 1 amide bonds. The predicted octanol–water partition coefficient (Wildman–Crippen LogP) is 2.80. The molecule has 0 saturated heterocycles. The lowest BCUT2D eigenvalue weighted by atomic mass is 10.3. The normalized spacial score (nSPS) is 11.5. The van der Waals surface area contributed by atoms with Crippen LogP contribution in [0.2, 0.25) is 0 Å². The number of furan rings is 1. The van der Waals surface area contributed by atoms with Gasteiger partial charge in [0.15, 0.2) is 5.76 Å². The Bertz CT molecular complexity index is 541. The highest BCUT2D eigenvalue weighted by molar-refractivity contribution is 7.14. The molecule has 1 N–H and O–H groups in total. The molecule has 0 unspecified atom stereocenters. The first-order valence-electron chi connectivity index (χ1n) is 5.12. The van der Waals surface area contributed by atoms with Gasteiger partial charge < -0.3 is 4.42 Å². The average molecular weight is 248 g/mol. The fourth-order valence-corrected chi connectivity index (χ4v) is 2.09. The summed E-state index contributed by atoms with van der Waals surface area (Å²) in [6, 6.07) is 7.26. The minimum Gasteiger partial charge on any atom is -0.459 e. The number of carbonyl (C=O) groups is 1. The molecule has 0 fully saturated rings. The maximum absolute atomic E-state index is 11.5. The van der Waals surface area contributed by atoms with Crippen LogP contribution in [-0.2, 0) is 0 Å². The largest absolute Gasteiger partial charge is 0.459 e. The number of carbonyl (C=O) groups excluding carboxylic acids is 1. The van der Waals surface area contributed by atoms with Crippen LogP contribution in [0.3, 0.4) is 0 Å². The van der Waals surface area contributed by atoms with Gasteiger partial charge in [-0.3, -0.25) is 4.79 Å². The van der Waals surface area contributed by atoms with Crippen LogP contribution in [0.4, 0.5) is 0 Å². The van der Waals surface area contributed by atoms with Crippen LogP contribution in [0.5, 0.6) is 0 Å². The topological polar surface area (TPSA) is 54.6 Å². The summed E-state index contributed by atoms with van der Waals surface area (Å²) in [5.74, 6) is -0.0912. The molecule has 0 bridgehead atoms. The van der Waals surface area contributed by atoms with Gasteiger partial charge in [-0.05, 0) is 38.1 Å². The number of rotatable bonds is 3. The molecule has 17 heavy (non-hydrogen) atoms. The van der Waals surface area contributed by atoms with Crippen molar-refractivity contribution in [2.45, 2.75) is 13.8 Å². The van der Waals surface area contributed by atoms with Gasteiger partial charge in [0.25, 0.3) is 0 Å². The molecule has 0 atom stereocenters. The first kappa shape index (κ1) is 11.6. The Morgan fingerprint density at radius 2 is 2.24 bits per heavy atom. The van der Waals surface area contributed by atoms with E-state index in [4.69, 9.17) is 4.42 Å². The molecule has 0 aliphatic carbocycles. The van der Waals surface area contributed by atoms with E-state index in [1.807, 2.05) is 26.0 Å². The summed E-state index contributed by atoms with van der Waals surface area (Å²) < 4.78 is 4.96. The zero-order valence-corrected chi connectivity index (χ0v) is 10.4. The van der Waals surface area contributed by atoms with Crippen LogP contribution in [-0.4, -0.2) is 11.6 Å². The Hall–Kier alpha value is -1.88. The van der Waals surface area contributed by atoms with Crippen LogP contribution in [0.1, 0.15) is 27.2 Å². The predicted molar refractivity (Wildman–Crippen MR) is 67.4 cm³/mol. The van der Waals surface area contributed by atoms with Crippen LogP contribution in [0, 0.1) is 6.92 Å². The molecule has 0 spiro atoms. The number of hydrazone groups is 1. The SMILES string of the molecule is C/C(=N/NC(=O)c1ccco1)c1ccc(C)s1. The fourth-order valence-electron chi connectivity index (χ4n) is 1.28. The smallest absolute Gasteiger partial charge is 0.307 e. The molecule has 2 aromatic heterocycles. The maximum Gasteiger partial charge on any atom is 0.307 e. The van der Waals surface area contributed by atoms with Crippen LogP contribution in [0.15, 0.2) is 40.0 Å². The summed E-state index contributed by atoms with van der Waals surface area (Å²) in [5, 5.41) is 4.03. The number of nitrogens with zero attached hydrogens (tertiary/aromatic N) is 1. The number of amides is 1.